The van der Waals surface area contributed by atoms with E-state index in [9.17, 15) is 9.18 Å². The Hall–Kier alpha value is -3.03. The number of morpholine rings is 1. The molecule has 4 rings (SSSR count). The molecule has 0 spiro atoms. The number of hydrogen-bond acceptors (Lipinski definition) is 4. The van der Waals surface area contributed by atoms with Crippen molar-refractivity contribution >= 4 is 5.97 Å². The molecule has 1 aliphatic rings. The van der Waals surface area contributed by atoms with Crippen LogP contribution in [-0.4, -0.2) is 45.7 Å². The Morgan fingerprint density at radius 3 is 2.68 bits per heavy atom. The van der Waals surface area contributed by atoms with Gasteiger partial charge in [0.15, 0.2) is 0 Å². The van der Waals surface area contributed by atoms with E-state index < -0.39 is 5.97 Å². The maximum absolute atomic E-state index is 13.1. The van der Waals surface area contributed by atoms with Crippen molar-refractivity contribution in [2.24, 2.45) is 0 Å². The Kier molecular flexibility index (Phi) is 5.18. The van der Waals surface area contributed by atoms with E-state index in [1.54, 1.807) is 30.5 Å². The molecule has 1 aromatic heterocycles. The summed E-state index contributed by atoms with van der Waals surface area (Å²) in [7, 11) is 0. The Labute approximate surface area is 161 Å². The van der Waals surface area contributed by atoms with E-state index in [-0.39, 0.29) is 17.4 Å². The minimum atomic E-state index is -0.931. The van der Waals surface area contributed by atoms with E-state index in [0.717, 1.165) is 29.2 Å². The molecule has 2 N–H and O–H groups in total. The number of rotatable bonds is 5. The van der Waals surface area contributed by atoms with Gasteiger partial charge in [-0.25, -0.2) is 14.2 Å². The van der Waals surface area contributed by atoms with Gasteiger partial charge in [0, 0.05) is 13.1 Å². The number of ether oxygens (including phenoxy) is 1. The number of carbonyl (C=O) groups is 1. The Morgan fingerprint density at radius 2 is 1.96 bits per heavy atom. The van der Waals surface area contributed by atoms with Gasteiger partial charge in [-0.05, 0) is 47.5 Å². The number of carboxylic acid groups (broad SMARTS) is 1. The zero-order valence-corrected chi connectivity index (χ0v) is 15.1. The van der Waals surface area contributed by atoms with Gasteiger partial charge in [-0.1, -0.05) is 12.1 Å². The summed E-state index contributed by atoms with van der Waals surface area (Å²) in [5.41, 5.74) is 3.00. The molecule has 2 heterocycles. The lowest BCUT2D eigenvalue weighted by atomic mass is 10.1. The van der Waals surface area contributed by atoms with Crippen LogP contribution >= 0.6 is 0 Å². The van der Waals surface area contributed by atoms with Crippen molar-refractivity contribution in [3.8, 4) is 11.3 Å². The molecule has 0 amide bonds. The summed E-state index contributed by atoms with van der Waals surface area (Å²) in [6.07, 6.45) is 1.75. The van der Waals surface area contributed by atoms with Gasteiger partial charge in [0.2, 0.25) is 0 Å². The summed E-state index contributed by atoms with van der Waals surface area (Å²) >= 11 is 0. The van der Waals surface area contributed by atoms with Crippen LogP contribution in [0.3, 0.4) is 0 Å². The summed E-state index contributed by atoms with van der Waals surface area (Å²) in [6.45, 7) is 2.57. The molecule has 2 aromatic carbocycles. The number of carboxylic acids is 1. The molecule has 1 atom stereocenters. The first kappa shape index (κ1) is 18.3. The molecule has 1 saturated heterocycles. The van der Waals surface area contributed by atoms with E-state index >= 15 is 0 Å². The second-order valence-electron chi connectivity index (χ2n) is 6.75. The summed E-state index contributed by atoms with van der Waals surface area (Å²) in [5.74, 6) is -0.412. The fraction of sp³-hybridized carbons (Fsp3) is 0.238. The van der Waals surface area contributed by atoms with Crippen LogP contribution < -0.4 is 0 Å². The molecule has 28 heavy (non-hydrogen) atoms. The summed E-state index contributed by atoms with van der Waals surface area (Å²) in [5, 5.41) is 9.04. The average molecular weight is 381 g/mol. The highest BCUT2D eigenvalue weighted by Crippen LogP contribution is 2.26. The van der Waals surface area contributed by atoms with Crippen molar-refractivity contribution in [3.63, 3.8) is 0 Å². The monoisotopic (exact) mass is 381 g/mol. The summed E-state index contributed by atoms with van der Waals surface area (Å²) in [6, 6.07) is 13.1. The Balaban J connectivity index is 1.52. The lowest BCUT2D eigenvalue weighted by Gasteiger charge is -2.34. The van der Waals surface area contributed by atoms with Crippen LogP contribution in [0.5, 0.6) is 0 Å². The van der Waals surface area contributed by atoms with E-state index in [0.29, 0.717) is 19.8 Å². The van der Waals surface area contributed by atoms with Crippen molar-refractivity contribution in [1.82, 2.24) is 14.9 Å². The van der Waals surface area contributed by atoms with Gasteiger partial charge in [0.05, 0.1) is 36.7 Å². The van der Waals surface area contributed by atoms with Gasteiger partial charge in [-0.3, -0.25) is 4.90 Å². The third-order valence-electron chi connectivity index (χ3n) is 4.89. The number of nitrogens with one attached hydrogen (secondary N) is 1. The lowest BCUT2D eigenvalue weighted by Crippen LogP contribution is -2.39. The number of imidazole rings is 1. The van der Waals surface area contributed by atoms with E-state index in [4.69, 9.17) is 9.84 Å². The number of nitrogens with zero attached hydrogens (tertiary/aromatic N) is 2. The third-order valence-corrected chi connectivity index (χ3v) is 4.89. The second kappa shape index (κ2) is 7.92. The van der Waals surface area contributed by atoms with Crippen molar-refractivity contribution in [2.75, 3.05) is 19.8 Å². The first-order chi connectivity index (χ1) is 13.6. The lowest BCUT2D eigenvalue weighted by molar-refractivity contribution is -0.0156. The first-order valence-electron chi connectivity index (χ1n) is 9.05. The number of aromatic nitrogens is 2. The maximum Gasteiger partial charge on any atom is 0.335 e. The highest BCUT2D eigenvalue weighted by Gasteiger charge is 2.27. The number of aromatic amines is 1. The SMILES string of the molecule is O=C(O)c1ccc(CN2CCOCC2c2ncc(-c3ccc(F)cc3)[nH]2)cc1. The predicted octanol–water partition coefficient (Wildman–Crippen LogP) is 3.49. The summed E-state index contributed by atoms with van der Waals surface area (Å²) in [4.78, 5) is 21.1. The van der Waals surface area contributed by atoms with Crippen LogP contribution in [-0.2, 0) is 11.3 Å². The second-order valence-corrected chi connectivity index (χ2v) is 6.75. The third kappa shape index (κ3) is 3.95. The van der Waals surface area contributed by atoms with Crippen molar-refractivity contribution in [2.45, 2.75) is 12.6 Å². The molecule has 7 heteroatoms. The number of H-pyrrole nitrogens is 1. The van der Waals surface area contributed by atoms with Crippen LogP contribution in [0.4, 0.5) is 4.39 Å². The van der Waals surface area contributed by atoms with Crippen LogP contribution in [0.1, 0.15) is 27.8 Å². The number of benzene rings is 2. The highest BCUT2D eigenvalue weighted by atomic mass is 19.1. The standard InChI is InChI=1S/C21H20FN3O3/c22-17-7-5-15(6-8-17)18-11-23-20(24-18)19-13-28-10-9-25(19)12-14-1-3-16(4-2-14)21(26)27/h1-8,11,19H,9-10,12-13H2,(H,23,24)(H,26,27). The van der Waals surface area contributed by atoms with Gasteiger partial charge in [0.25, 0.3) is 0 Å². The van der Waals surface area contributed by atoms with Gasteiger partial charge < -0.3 is 14.8 Å². The summed E-state index contributed by atoms with van der Waals surface area (Å²) < 4.78 is 18.8. The maximum atomic E-state index is 13.1. The van der Waals surface area contributed by atoms with E-state index in [1.807, 2.05) is 12.1 Å². The van der Waals surface area contributed by atoms with Crippen molar-refractivity contribution < 1.29 is 19.0 Å². The highest BCUT2D eigenvalue weighted by molar-refractivity contribution is 5.87. The molecule has 0 radical (unpaired) electrons. The number of aromatic carboxylic acids is 1. The topological polar surface area (TPSA) is 78.4 Å². The fourth-order valence-corrected chi connectivity index (χ4v) is 3.35. The molecule has 1 unspecified atom stereocenters. The van der Waals surface area contributed by atoms with Crippen LogP contribution in [0.15, 0.2) is 54.7 Å². The molecule has 6 nitrogen and oxygen atoms in total. The minimum Gasteiger partial charge on any atom is -0.478 e. The van der Waals surface area contributed by atoms with Gasteiger partial charge >= 0.3 is 5.97 Å². The molecule has 3 aromatic rings. The van der Waals surface area contributed by atoms with Crippen LogP contribution in [0.2, 0.25) is 0 Å². The Morgan fingerprint density at radius 1 is 1.21 bits per heavy atom. The molecular formula is C21H20FN3O3. The van der Waals surface area contributed by atoms with Gasteiger partial charge in [-0.15, -0.1) is 0 Å². The Bertz CT molecular complexity index is 954. The van der Waals surface area contributed by atoms with E-state index in [1.165, 1.54) is 12.1 Å². The van der Waals surface area contributed by atoms with E-state index in [2.05, 4.69) is 14.9 Å². The van der Waals surface area contributed by atoms with Crippen molar-refractivity contribution in [1.29, 1.82) is 0 Å². The van der Waals surface area contributed by atoms with Crippen molar-refractivity contribution in [3.05, 3.63) is 77.5 Å². The zero-order valence-electron chi connectivity index (χ0n) is 15.1. The molecular weight excluding hydrogens is 361 g/mol. The largest absolute Gasteiger partial charge is 0.478 e. The molecule has 1 aliphatic heterocycles. The first-order valence-corrected chi connectivity index (χ1v) is 9.05. The molecule has 1 fully saturated rings. The fourth-order valence-electron chi connectivity index (χ4n) is 3.35. The number of halogens is 1. The molecule has 0 aliphatic carbocycles. The normalized spacial score (nSPS) is 17.5. The molecule has 144 valence electrons. The molecule has 0 saturated carbocycles. The van der Waals surface area contributed by atoms with Gasteiger partial charge in [-0.2, -0.15) is 0 Å². The number of hydrogen-bond donors (Lipinski definition) is 2. The zero-order chi connectivity index (χ0) is 19.5. The van der Waals surface area contributed by atoms with Crippen LogP contribution in [0, 0.1) is 5.82 Å². The quantitative estimate of drug-likeness (QED) is 0.707. The van der Waals surface area contributed by atoms with Crippen LogP contribution in [0.25, 0.3) is 11.3 Å². The average Bonchev–Trinajstić information content (AvgIpc) is 3.19. The predicted molar refractivity (Wildman–Crippen MR) is 101 cm³/mol. The molecule has 0 bridgehead atoms. The smallest absolute Gasteiger partial charge is 0.335 e. The minimum absolute atomic E-state index is 0.0397. The van der Waals surface area contributed by atoms with Gasteiger partial charge in [0.1, 0.15) is 11.6 Å².